The summed E-state index contributed by atoms with van der Waals surface area (Å²) in [4.78, 5) is 16.8. The molecule has 1 saturated heterocycles. The molecule has 2 aliphatic rings. The Kier molecular flexibility index (Phi) is 5.01. The first-order valence-corrected chi connectivity index (χ1v) is 7.49. The molecule has 18 heavy (non-hydrogen) atoms. The van der Waals surface area contributed by atoms with Gasteiger partial charge in [0.15, 0.2) is 0 Å². The Morgan fingerprint density at radius 1 is 1.22 bits per heavy atom. The van der Waals surface area contributed by atoms with E-state index in [4.69, 9.17) is 5.73 Å². The SMILES string of the molecule is CCC(CN)N1CCN(C(=O)C2CCCC2)CC1. The van der Waals surface area contributed by atoms with E-state index < -0.39 is 0 Å². The molecule has 2 N–H and O–H groups in total. The third-order valence-corrected chi connectivity index (χ3v) is 4.59. The number of carbonyl (C=O) groups excluding carboxylic acids is 1. The van der Waals surface area contributed by atoms with Crippen LogP contribution in [0.15, 0.2) is 0 Å². The number of nitrogens with two attached hydrogens (primary N) is 1. The molecule has 104 valence electrons. The van der Waals surface area contributed by atoms with Crippen LogP contribution in [0.2, 0.25) is 0 Å². The highest BCUT2D eigenvalue weighted by Gasteiger charge is 2.30. The smallest absolute Gasteiger partial charge is 0.225 e. The van der Waals surface area contributed by atoms with Crippen LogP contribution >= 0.6 is 0 Å². The lowest BCUT2D eigenvalue weighted by Crippen LogP contribution is -2.54. The average molecular weight is 253 g/mol. The maximum absolute atomic E-state index is 12.3. The molecule has 0 radical (unpaired) electrons. The lowest BCUT2D eigenvalue weighted by molar-refractivity contribution is -0.137. The Bertz CT molecular complexity index is 264. The first-order chi connectivity index (χ1) is 8.76. The third kappa shape index (κ3) is 3.04. The minimum absolute atomic E-state index is 0.327. The van der Waals surface area contributed by atoms with Crippen molar-refractivity contribution in [1.82, 2.24) is 9.80 Å². The summed E-state index contributed by atoms with van der Waals surface area (Å²) >= 11 is 0. The number of amides is 1. The molecule has 0 bridgehead atoms. The van der Waals surface area contributed by atoms with Crippen LogP contribution < -0.4 is 5.73 Å². The fraction of sp³-hybridized carbons (Fsp3) is 0.929. The quantitative estimate of drug-likeness (QED) is 0.815. The van der Waals surface area contributed by atoms with Gasteiger partial charge in [0.05, 0.1) is 0 Å². The van der Waals surface area contributed by atoms with E-state index in [0.717, 1.165) is 52.0 Å². The highest BCUT2D eigenvalue weighted by Crippen LogP contribution is 2.27. The molecule has 1 amide bonds. The first kappa shape index (κ1) is 13.8. The molecule has 2 fully saturated rings. The minimum Gasteiger partial charge on any atom is -0.340 e. The van der Waals surface area contributed by atoms with Crippen molar-refractivity contribution in [3.63, 3.8) is 0 Å². The third-order valence-electron chi connectivity index (χ3n) is 4.59. The van der Waals surface area contributed by atoms with Gasteiger partial charge in [0.2, 0.25) is 5.91 Å². The standard InChI is InChI=1S/C14H27N3O/c1-2-13(11-15)16-7-9-17(10-8-16)14(18)12-5-3-4-6-12/h12-13H,2-11,15H2,1H3. The summed E-state index contributed by atoms with van der Waals surface area (Å²) in [6.07, 6.45) is 5.80. The summed E-state index contributed by atoms with van der Waals surface area (Å²) in [7, 11) is 0. The van der Waals surface area contributed by atoms with E-state index in [2.05, 4.69) is 16.7 Å². The van der Waals surface area contributed by atoms with Gasteiger partial charge in [-0.1, -0.05) is 19.8 Å². The molecule has 0 aromatic rings. The van der Waals surface area contributed by atoms with Gasteiger partial charge in [0.25, 0.3) is 0 Å². The van der Waals surface area contributed by atoms with Crippen molar-refractivity contribution in [3.8, 4) is 0 Å². The lowest BCUT2D eigenvalue weighted by atomic mass is 10.1. The van der Waals surface area contributed by atoms with Gasteiger partial charge in [-0.05, 0) is 19.3 Å². The van der Waals surface area contributed by atoms with E-state index in [1.807, 2.05) is 0 Å². The zero-order valence-corrected chi connectivity index (χ0v) is 11.6. The zero-order chi connectivity index (χ0) is 13.0. The largest absolute Gasteiger partial charge is 0.340 e. The van der Waals surface area contributed by atoms with Gasteiger partial charge >= 0.3 is 0 Å². The second kappa shape index (κ2) is 6.53. The van der Waals surface area contributed by atoms with E-state index in [-0.39, 0.29) is 0 Å². The number of nitrogens with zero attached hydrogens (tertiary/aromatic N) is 2. The number of hydrogen-bond donors (Lipinski definition) is 1. The molecule has 1 aliphatic heterocycles. The Labute approximate surface area is 110 Å². The average Bonchev–Trinajstić information content (AvgIpc) is 2.94. The molecule has 0 spiro atoms. The van der Waals surface area contributed by atoms with Crippen LogP contribution in [-0.4, -0.2) is 54.5 Å². The monoisotopic (exact) mass is 253 g/mol. The van der Waals surface area contributed by atoms with E-state index in [1.54, 1.807) is 0 Å². The number of hydrogen-bond acceptors (Lipinski definition) is 3. The Hall–Kier alpha value is -0.610. The molecule has 4 heteroatoms. The Morgan fingerprint density at radius 2 is 1.83 bits per heavy atom. The summed E-state index contributed by atoms with van der Waals surface area (Å²) in [6.45, 7) is 6.70. The van der Waals surface area contributed by atoms with Crippen LogP contribution in [0.3, 0.4) is 0 Å². The molecule has 0 aromatic heterocycles. The van der Waals surface area contributed by atoms with Crippen LogP contribution in [0.25, 0.3) is 0 Å². The highest BCUT2D eigenvalue weighted by molar-refractivity contribution is 5.79. The summed E-state index contributed by atoms with van der Waals surface area (Å²) in [6, 6.07) is 0.494. The van der Waals surface area contributed by atoms with Crippen LogP contribution in [0.5, 0.6) is 0 Å². The van der Waals surface area contributed by atoms with Crippen LogP contribution in [-0.2, 0) is 4.79 Å². The van der Waals surface area contributed by atoms with E-state index in [1.165, 1.54) is 12.8 Å². The molecule has 2 rings (SSSR count). The molecule has 0 aromatic carbocycles. The first-order valence-electron chi connectivity index (χ1n) is 7.49. The fourth-order valence-electron chi connectivity index (χ4n) is 3.31. The maximum atomic E-state index is 12.3. The van der Waals surface area contributed by atoms with Crippen molar-refractivity contribution >= 4 is 5.91 Å². The highest BCUT2D eigenvalue weighted by atomic mass is 16.2. The zero-order valence-electron chi connectivity index (χ0n) is 11.6. The van der Waals surface area contributed by atoms with Crippen molar-refractivity contribution in [1.29, 1.82) is 0 Å². The number of carbonyl (C=O) groups is 1. The summed E-state index contributed by atoms with van der Waals surface area (Å²) < 4.78 is 0. The van der Waals surface area contributed by atoms with Crippen LogP contribution in [0, 0.1) is 5.92 Å². The van der Waals surface area contributed by atoms with Crippen LogP contribution in [0.1, 0.15) is 39.0 Å². The van der Waals surface area contributed by atoms with Crippen LogP contribution in [0.4, 0.5) is 0 Å². The molecule has 1 saturated carbocycles. The molecule has 1 unspecified atom stereocenters. The summed E-state index contributed by atoms with van der Waals surface area (Å²) in [5, 5.41) is 0. The molecular weight excluding hydrogens is 226 g/mol. The maximum Gasteiger partial charge on any atom is 0.225 e. The normalized spacial score (nSPS) is 24.4. The van der Waals surface area contributed by atoms with Gasteiger partial charge in [0, 0.05) is 44.7 Å². The van der Waals surface area contributed by atoms with Gasteiger partial charge in [-0.25, -0.2) is 0 Å². The van der Waals surface area contributed by atoms with Crippen molar-refractivity contribution in [2.24, 2.45) is 11.7 Å². The molecule has 4 nitrogen and oxygen atoms in total. The van der Waals surface area contributed by atoms with Gasteiger partial charge in [-0.2, -0.15) is 0 Å². The van der Waals surface area contributed by atoms with Crippen molar-refractivity contribution in [2.75, 3.05) is 32.7 Å². The number of rotatable bonds is 4. The molecular formula is C14H27N3O. The Morgan fingerprint density at radius 3 is 2.33 bits per heavy atom. The van der Waals surface area contributed by atoms with Crippen molar-refractivity contribution in [3.05, 3.63) is 0 Å². The van der Waals surface area contributed by atoms with E-state index in [0.29, 0.717) is 17.9 Å². The van der Waals surface area contributed by atoms with Crippen molar-refractivity contribution < 1.29 is 4.79 Å². The summed E-state index contributed by atoms with van der Waals surface area (Å²) in [5.74, 6) is 0.737. The minimum atomic E-state index is 0.327. The van der Waals surface area contributed by atoms with Gasteiger partial charge in [0.1, 0.15) is 0 Å². The summed E-state index contributed by atoms with van der Waals surface area (Å²) in [5.41, 5.74) is 5.79. The predicted molar refractivity (Wildman–Crippen MR) is 73.2 cm³/mol. The van der Waals surface area contributed by atoms with Crippen molar-refractivity contribution in [2.45, 2.75) is 45.1 Å². The van der Waals surface area contributed by atoms with E-state index in [9.17, 15) is 4.79 Å². The molecule has 1 aliphatic carbocycles. The fourth-order valence-corrected chi connectivity index (χ4v) is 3.31. The van der Waals surface area contributed by atoms with Gasteiger partial charge in [-0.3, -0.25) is 9.69 Å². The molecule has 1 heterocycles. The topological polar surface area (TPSA) is 49.6 Å². The Balaban J connectivity index is 1.80. The number of piperazine rings is 1. The van der Waals surface area contributed by atoms with Gasteiger partial charge < -0.3 is 10.6 Å². The second-order valence-corrected chi connectivity index (χ2v) is 5.64. The molecule has 1 atom stereocenters. The van der Waals surface area contributed by atoms with E-state index >= 15 is 0 Å². The predicted octanol–water partition coefficient (Wildman–Crippen LogP) is 1.06. The second-order valence-electron chi connectivity index (χ2n) is 5.64. The van der Waals surface area contributed by atoms with Gasteiger partial charge in [-0.15, -0.1) is 0 Å². The lowest BCUT2D eigenvalue weighted by Gasteiger charge is -2.39.